The number of halogens is 3. The molecule has 0 aliphatic heterocycles. The van der Waals surface area contributed by atoms with Gasteiger partial charge in [-0.3, -0.25) is 9.59 Å². The van der Waals surface area contributed by atoms with Crippen LogP contribution in [0.1, 0.15) is 12.0 Å². The maximum Gasteiger partial charge on any atom is 0.416 e. The molecule has 0 heterocycles. The van der Waals surface area contributed by atoms with Crippen LogP contribution in [0.3, 0.4) is 0 Å². The Labute approximate surface area is 163 Å². The molecule has 0 bridgehead atoms. The van der Waals surface area contributed by atoms with E-state index in [2.05, 4.69) is 5.32 Å². The molecule has 0 spiro atoms. The largest absolute Gasteiger partial charge is 0.416 e. The second-order valence-corrected chi connectivity index (χ2v) is 7.99. The van der Waals surface area contributed by atoms with Crippen LogP contribution in [0.5, 0.6) is 0 Å². The van der Waals surface area contributed by atoms with Crippen molar-refractivity contribution in [3.8, 4) is 0 Å². The summed E-state index contributed by atoms with van der Waals surface area (Å²) in [6, 6.07) is 1.43. The number of hydrogen-bond acceptors (Lipinski definition) is 6. The van der Waals surface area contributed by atoms with Crippen molar-refractivity contribution in [2.75, 3.05) is 6.54 Å². The Kier molecular flexibility index (Phi) is 6.67. The third kappa shape index (κ3) is 5.76. The van der Waals surface area contributed by atoms with Gasteiger partial charge in [0, 0.05) is 12.0 Å². The van der Waals surface area contributed by atoms with Gasteiger partial charge in [0.25, 0.3) is 0 Å². The maximum atomic E-state index is 12.8. The molecule has 2 rings (SSSR count). The Morgan fingerprint density at radius 3 is 2.48 bits per heavy atom. The quantitative estimate of drug-likeness (QED) is 0.384. The highest BCUT2D eigenvalue weighted by molar-refractivity contribution is 7.89. The first-order valence-corrected chi connectivity index (χ1v) is 9.62. The number of primary amides is 1. The van der Waals surface area contributed by atoms with Crippen LogP contribution in [-0.2, 0) is 25.8 Å². The van der Waals surface area contributed by atoms with Crippen molar-refractivity contribution in [3.05, 3.63) is 41.5 Å². The number of carbonyl (C=O) groups excluding carboxylic acids is 2. The molecule has 1 aliphatic carbocycles. The van der Waals surface area contributed by atoms with E-state index >= 15 is 0 Å². The zero-order chi connectivity index (χ0) is 22.0. The minimum absolute atomic E-state index is 0.138. The highest BCUT2D eigenvalue weighted by atomic mass is 32.2. The summed E-state index contributed by atoms with van der Waals surface area (Å²) in [5.41, 5.74) is 3.58. The van der Waals surface area contributed by atoms with E-state index in [4.69, 9.17) is 5.73 Å². The minimum Gasteiger partial charge on any atom is -0.390 e. The molecule has 6 N–H and O–H groups in total. The Bertz CT molecular complexity index is 932. The molecule has 13 heteroatoms. The molecular weight excluding hydrogens is 419 g/mol. The third-order valence-corrected chi connectivity index (χ3v) is 5.51. The van der Waals surface area contributed by atoms with E-state index in [0.717, 1.165) is 18.2 Å². The molecule has 29 heavy (non-hydrogen) atoms. The first-order valence-electron chi connectivity index (χ1n) is 8.14. The summed E-state index contributed by atoms with van der Waals surface area (Å²) in [7, 11) is -4.55. The molecule has 3 unspecified atom stereocenters. The highest BCUT2D eigenvalue weighted by Gasteiger charge is 2.36. The van der Waals surface area contributed by atoms with Gasteiger partial charge in [-0.05, 0) is 18.2 Å². The fourth-order valence-electron chi connectivity index (χ4n) is 2.61. The third-order valence-electron chi connectivity index (χ3n) is 4.05. The number of rotatable bonds is 6. The number of sulfonamides is 1. The number of benzene rings is 1. The van der Waals surface area contributed by atoms with Crippen LogP contribution in [0.15, 0.2) is 40.8 Å². The fraction of sp³-hybridized carbons (Fsp3) is 0.375. The molecule has 0 radical (unpaired) electrons. The van der Waals surface area contributed by atoms with Gasteiger partial charge in [0.2, 0.25) is 21.8 Å². The lowest BCUT2D eigenvalue weighted by Crippen LogP contribution is -2.51. The molecular formula is C16H18F3N3O6S. The lowest BCUT2D eigenvalue weighted by atomic mass is 9.90. The topological polar surface area (TPSA) is 159 Å². The van der Waals surface area contributed by atoms with Crippen molar-refractivity contribution >= 4 is 21.8 Å². The number of alkyl halides is 3. The van der Waals surface area contributed by atoms with Crippen LogP contribution in [0.25, 0.3) is 0 Å². The molecule has 0 saturated carbocycles. The average Bonchev–Trinajstić information content (AvgIpc) is 2.62. The average molecular weight is 437 g/mol. The summed E-state index contributed by atoms with van der Waals surface area (Å²) < 4.78 is 65.4. The number of amides is 2. The van der Waals surface area contributed by atoms with Crippen molar-refractivity contribution < 1.29 is 41.4 Å². The van der Waals surface area contributed by atoms with E-state index in [9.17, 15) is 41.4 Å². The van der Waals surface area contributed by atoms with E-state index in [-0.39, 0.29) is 12.0 Å². The van der Waals surface area contributed by atoms with E-state index in [0.29, 0.717) is 12.1 Å². The first-order chi connectivity index (χ1) is 13.3. The van der Waals surface area contributed by atoms with Crippen LogP contribution in [0, 0.1) is 0 Å². The predicted molar refractivity (Wildman–Crippen MR) is 92.5 cm³/mol. The summed E-state index contributed by atoms with van der Waals surface area (Å²) >= 11 is 0. The van der Waals surface area contributed by atoms with Gasteiger partial charge in [-0.15, -0.1) is 0 Å². The van der Waals surface area contributed by atoms with E-state index in [1.807, 2.05) is 4.72 Å². The number of aliphatic hydroxyl groups excluding tert-OH is 2. The van der Waals surface area contributed by atoms with Gasteiger partial charge in [0.1, 0.15) is 6.10 Å². The Hall–Kier alpha value is -2.48. The molecule has 1 aliphatic rings. The SMILES string of the molecule is NC(=O)CNC(=O)C1=CC(NS(=O)(=O)c2cccc(C(F)(F)F)c2)C(O)C(O)C1. The number of nitrogens with two attached hydrogens (primary N) is 1. The number of aliphatic hydroxyl groups is 2. The van der Waals surface area contributed by atoms with Gasteiger partial charge in [0.05, 0.1) is 29.1 Å². The van der Waals surface area contributed by atoms with E-state index < -0.39 is 63.3 Å². The van der Waals surface area contributed by atoms with Gasteiger partial charge in [0.15, 0.2) is 0 Å². The molecule has 2 amide bonds. The molecule has 1 aromatic rings. The summed E-state index contributed by atoms with van der Waals surface area (Å²) in [6.45, 7) is -0.505. The normalized spacial score (nSPS) is 22.7. The van der Waals surface area contributed by atoms with E-state index in [1.165, 1.54) is 0 Å². The Morgan fingerprint density at radius 2 is 1.90 bits per heavy atom. The van der Waals surface area contributed by atoms with Crippen LogP contribution < -0.4 is 15.8 Å². The monoisotopic (exact) mass is 437 g/mol. The molecule has 0 fully saturated rings. The minimum atomic E-state index is -4.77. The molecule has 0 saturated heterocycles. The standard InChI is InChI=1S/C16H18F3N3O6S/c17-16(18,19)9-2-1-3-10(6-9)29(27,28)22-11-4-8(5-12(23)14(11)25)15(26)21-7-13(20)24/h1-4,6,11-12,14,22-23,25H,5,7H2,(H2,20,24)(H,21,26). The maximum absolute atomic E-state index is 12.8. The number of nitrogens with one attached hydrogen (secondary N) is 2. The lowest BCUT2D eigenvalue weighted by molar-refractivity contribution is -0.137. The van der Waals surface area contributed by atoms with Crippen molar-refractivity contribution in [2.24, 2.45) is 5.73 Å². The zero-order valence-corrected chi connectivity index (χ0v) is 15.5. The summed E-state index contributed by atoms with van der Waals surface area (Å²) in [5, 5.41) is 22.1. The van der Waals surface area contributed by atoms with Crippen LogP contribution in [0.4, 0.5) is 13.2 Å². The predicted octanol–water partition coefficient (Wildman–Crippen LogP) is -0.994. The molecule has 160 valence electrons. The fourth-order valence-corrected chi connectivity index (χ4v) is 3.85. The zero-order valence-electron chi connectivity index (χ0n) is 14.7. The van der Waals surface area contributed by atoms with Crippen LogP contribution >= 0.6 is 0 Å². The molecule has 0 aromatic heterocycles. The Morgan fingerprint density at radius 1 is 1.24 bits per heavy atom. The second-order valence-electron chi connectivity index (χ2n) is 6.28. The smallest absolute Gasteiger partial charge is 0.390 e. The van der Waals surface area contributed by atoms with Gasteiger partial charge >= 0.3 is 6.18 Å². The van der Waals surface area contributed by atoms with Gasteiger partial charge in [-0.25, -0.2) is 13.1 Å². The Balaban J connectivity index is 2.28. The second kappa shape index (κ2) is 8.49. The van der Waals surface area contributed by atoms with Gasteiger partial charge in [-0.1, -0.05) is 12.1 Å². The van der Waals surface area contributed by atoms with Crippen LogP contribution in [0.2, 0.25) is 0 Å². The lowest BCUT2D eigenvalue weighted by Gasteiger charge is -2.30. The molecule has 9 nitrogen and oxygen atoms in total. The summed E-state index contributed by atoms with van der Waals surface area (Å²) in [5.74, 6) is -1.66. The van der Waals surface area contributed by atoms with Crippen molar-refractivity contribution in [1.29, 1.82) is 0 Å². The van der Waals surface area contributed by atoms with Crippen molar-refractivity contribution in [3.63, 3.8) is 0 Å². The molecule has 3 atom stereocenters. The van der Waals surface area contributed by atoms with Gasteiger partial charge in [-0.2, -0.15) is 13.2 Å². The number of carbonyl (C=O) groups is 2. The molecule has 1 aromatic carbocycles. The summed E-state index contributed by atoms with van der Waals surface area (Å²) in [6.07, 6.45) is -7.30. The summed E-state index contributed by atoms with van der Waals surface area (Å²) in [4.78, 5) is 22.0. The first kappa shape index (κ1) is 22.8. The van der Waals surface area contributed by atoms with Gasteiger partial charge < -0.3 is 21.3 Å². The number of hydrogen-bond donors (Lipinski definition) is 5. The van der Waals surface area contributed by atoms with Crippen molar-refractivity contribution in [2.45, 2.75) is 35.7 Å². The van der Waals surface area contributed by atoms with Crippen LogP contribution in [-0.4, -0.2) is 55.2 Å². The van der Waals surface area contributed by atoms with E-state index in [1.54, 1.807) is 0 Å². The highest BCUT2D eigenvalue weighted by Crippen LogP contribution is 2.30. The van der Waals surface area contributed by atoms with Crippen molar-refractivity contribution in [1.82, 2.24) is 10.0 Å².